The minimum atomic E-state index is -0.0224. The Balaban J connectivity index is 1.96. The zero-order valence-electron chi connectivity index (χ0n) is 14.4. The van der Waals surface area contributed by atoms with Gasteiger partial charge >= 0.3 is 0 Å². The molecule has 23 heavy (non-hydrogen) atoms. The van der Waals surface area contributed by atoms with Crippen LogP contribution in [0, 0.1) is 0 Å². The van der Waals surface area contributed by atoms with Crippen LogP contribution in [0.4, 0.5) is 5.69 Å². The molecule has 3 nitrogen and oxygen atoms in total. The number of ether oxygens (including phenoxy) is 1. The molecular formula is C20H28N2O. The van der Waals surface area contributed by atoms with Gasteiger partial charge in [0.2, 0.25) is 0 Å². The molecule has 0 heterocycles. The van der Waals surface area contributed by atoms with E-state index >= 15 is 0 Å². The summed E-state index contributed by atoms with van der Waals surface area (Å²) >= 11 is 0. The van der Waals surface area contributed by atoms with E-state index in [-0.39, 0.29) is 12.1 Å². The van der Waals surface area contributed by atoms with Crippen molar-refractivity contribution in [2.24, 2.45) is 5.73 Å². The highest BCUT2D eigenvalue weighted by atomic mass is 16.5. The second-order valence-corrected chi connectivity index (χ2v) is 6.01. The summed E-state index contributed by atoms with van der Waals surface area (Å²) in [5.74, 6) is 0. The molecule has 0 bridgehead atoms. The minimum absolute atomic E-state index is 0.0224. The molecule has 3 heteroatoms. The first-order valence-corrected chi connectivity index (χ1v) is 8.35. The standard InChI is InChI=1S/C20H28N2O/c1-4-5-16-6-8-17(9-7-16)18-10-12-19(13-11-18)22-14-20(21)15(2)23-3/h6-13,15,20,22H,4-5,14,21H2,1-3H3/t15-,20-/m1/s1. The summed E-state index contributed by atoms with van der Waals surface area (Å²) in [6, 6.07) is 17.3. The Labute approximate surface area is 139 Å². The van der Waals surface area contributed by atoms with Gasteiger partial charge in [-0.15, -0.1) is 0 Å². The van der Waals surface area contributed by atoms with Gasteiger partial charge in [-0.25, -0.2) is 0 Å². The third kappa shape index (κ3) is 5.08. The number of nitrogens with two attached hydrogens (primary N) is 1. The molecule has 0 aliphatic rings. The highest BCUT2D eigenvalue weighted by molar-refractivity contribution is 5.66. The number of aryl methyl sites for hydroxylation is 1. The number of hydrogen-bond donors (Lipinski definition) is 2. The Kier molecular flexibility index (Phi) is 6.63. The Morgan fingerprint density at radius 2 is 1.57 bits per heavy atom. The van der Waals surface area contributed by atoms with E-state index in [1.165, 1.54) is 23.1 Å². The average Bonchev–Trinajstić information content (AvgIpc) is 2.60. The highest BCUT2D eigenvalue weighted by Gasteiger charge is 2.10. The molecular weight excluding hydrogens is 284 g/mol. The van der Waals surface area contributed by atoms with E-state index in [1.54, 1.807) is 7.11 Å². The van der Waals surface area contributed by atoms with Crippen LogP contribution in [0.1, 0.15) is 25.8 Å². The van der Waals surface area contributed by atoms with Crippen LogP contribution in [0.15, 0.2) is 48.5 Å². The van der Waals surface area contributed by atoms with Crippen LogP contribution in [0.3, 0.4) is 0 Å². The van der Waals surface area contributed by atoms with E-state index in [4.69, 9.17) is 10.5 Å². The molecule has 0 fully saturated rings. The molecule has 0 unspecified atom stereocenters. The lowest BCUT2D eigenvalue weighted by atomic mass is 10.0. The summed E-state index contributed by atoms with van der Waals surface area (Å²) in [6.45, 7) is 4.89. The van der Waals surface area contributed by atoms with E-state index < -0.39 is 0 Å². The summed E-state index contributed by atoms with van der Waals surface area (Å²) < 4.78 is 5.24. The van der Waals surface area contributed by atoms with E-state index in [0.717, 1.165) is 12.1 Å². The number of anilines is 1. The fraction of sp³-hybridized carbons (Fsp3) is 0.400. The quantitative estimate of drug-likeness (QED) is 0.772. The Morgan fingerprint density at radius 1 is 1.00 bits per heavy atom. The maximum Gasteiger partial charge on any atom is 0.0711 e. The summed E-state index contributed by atoms with van der Waals surface area (Å²) in [6.07, 6.45) is 2.37. The van der Waals surface area contributed by atoms with Crippen molar-refractivity contribution in [3.8, 4) is 11.1 Å². The molecule has 0 aliphatic carbocycles. The number of benzene rings is 2. The Morgan fingerprint density at radius 3 is 2.09 bits per heavy atom. The van der Waals surface area contributed by atoms with Crippen LogP contribution < -0.4 is 11.1 Å². The zero-order valence-corrected chi connectivity index (χ0v) is 14.4. The molecule has 0 saturated carbocycles. The molecule has 0 spiro atoms. The van der Waals surface area contributed by atoms with Crippen LogP contribution in [-0.4, -0.2) is 25.8 Å². The molecule has 2 rings (SSSR count). The van der Waals surface area contributed by atoms with Crippen molar-refractivity contribution in [3.05, 3.63) is 54.1 Å². The van der Waals surface area contributed by atoms with Gasteiger partial charge in [0.25, 0.3) is 0 Å². The van der Waals surface area contributed by atoms with E-state index in [9.17, 15) is 0 Å². The van der Waals surface area contributed by atoms with Crippen molar-refractivity contribution in [2.75, 3.05) is 19.0 Å². The fourth-order valence-corrected chi connectivity index (χ4v) is 2.51. The summed E-state index contributed by atoms with van der Waals surface area (Å²) in [7, 11) is 1.69. The Hall–Kier alpha value is -1.84. The van der Waals surface area contributed by atoms with Gasteiger partial charge in [0.05, 0.1) is 6.10 Å². The van der Waals surface area contributed by atoms with Gasteiger partial charge < -0.3 is 15.8 Å². The zero-order chi connectivity index (χ0) is 16.7. The number of hydrogen-bond acceptors (Lipinski definition) is 3. The molecule has 0 amide bonds. The fourth-order valence-electron chi connectivity index (χ4n) is 2.51. The average molecular weight is 312 g/mol. The lowest BCUT2D eigenvalue weighted by Gasteiger charge is -2.19. The van der Waals surface area contributed by atoms with Crippen LogP contribution in [0.25, 0.3) is 11.1 Å². The monoisotopic (exact) mass is 312 g/mol. The van der Waals surface area contributed by atoms with Gasteiger partial charge in [0.1, 0.15) is 0 Å². The molecule has 0 aliphatic heterocycles. The van der Waals surface area contributed by atoms with Crippen molar-refractivity contribution in [1.29, 1.82) is 0 Å². The Bertz CT molecular complexity index is 578. The minimum Gasteiger partial charge on any atom is -0.383 e. The lowest BCUT2D eigenvalue weighted by molar-refractivity contribution is 0.0990. The number of methoxy groups -OCH3 is 1. The SMILES string of the molecule is CCCc1ccc(-c2ccc(NC[C@@H](N)[C@@H](C)OC)cc2)cc1. The van der Waals surface area contributed by atoms with Gasteiger partial charge in [-0.05, 0) is 42.2 Å². The maximum absolute atomic E-state index is 6.05. The third-order valence-corrected chi connectivity index (χ3v) is 4.23. The topological polar surface area (TPSA) is 47.3 Å². The van der Waals surface area contributed by atoms with Gasteiger partial charge in [0.15, 0.2) is 0 Å². The van der Waals surface area contributed by atoms with Crippen molar-refractivity contribution >= 4 is 5.69 Å². The molecule has 3 N–H and O–H groups in total. The predicted octanol–water partition coefficient (Wildman–Crippen LogP) is 4.08. The molecule has 2 aromatic rings. The third-order valence-electron chi connectivity index (χ3n) is 4.23. The molecule has 124 valence electrons. The number of nitrogens with one attached hydrogen (secondary N) is 1. The predicted molar refractivity (Wildman–Crippen MR) is 98.8 cm³/mol. The van der Waals surface area contributed by atoms with Gasteiger partial charge in [-0.3, -0.25) is 0 Å². The first kappa shape index (κ1) is 17.5. The molecule has 2 atom stereocenters. The van der Waals surface area contributed by atoms with E-state index in [1.807, 2.05) is 6.92 Å². The van der Waals surface area contributed by atoms with Crippen LogP contribution in [0.5, 0.6) is 0 Å². The molecule has 2 aromatic carbocycles. The summed E-state index contributed by atoms with van der Waals surface area (Å²) in [4.78, 5) is 0. The van der Waals surface area contributed by atoms with Crippen molar-refractivity contribution in [3.63, 3.8) is 0 Å². The van der Waals surface area contributed by atoms with E-state index in [0.29, 0.717) is 6.54 Å². The first-order valence-electron chi connectivity index (χ1n) is 8.35. The van der Waals surface area contributed by atoms with E-state index in [2.05, 4.69) is 60.8 Å². The normalized spacial score (nSPS) is 13.6. The van der Waals surface area contributed by atoms with Crippen LogP contribution in [0.2, 0.25) is 0 Å². The highest BCUT2D eigenvalue weighted by Crippen LogP contribution is 2.22. The van der Waals surface area contributed by atoms with Gasteiger partial charge in [-0.1, -0.05) is 49.7 Å². The lowest BCUT2D eigenvalue weighted by Crippen LogP contribution is -2.39. The largest absolute Gasteiger partial charge is 0.383 e. The maximum atomic E-state index is 6.05. The summed E-state index contributed by atoms with van der Waals surface area (Å²) in [5.41, 5.74) is 11.0. The first-order chi connectivity index (χ1) is 11.1. The second kappa shape index (κ2) is 8.70. The smallest absolute Gasteiger partial charge is 0.0711 e. The molecule has 0 saturated heterocycles. The van der Waals surface area contributed by atoms with Crippen molar-refractivity contribution < 1.29 is 4.74 Å². The molecule has 0 radical (unpaired) electrons. The van der Waals surface area contributed by atoms with Crippen molar-refractivity contribution in [1.82, 2.24) is 0 Å². The van der Waals surface area contributed by atoms with Crippen LogP contribution in [-0.2, 0) is 11.2 Å². The van der Waals surface area contributed by atoms with Crippen molar-refractivity contribution in [2.45, 2.75) is 38.8 Å². The summed E-state index contributed by atoms with van der Waals surface area (Å²) in [5, 5.41) is 3.36. The van der Waals surface area contributed by atoms with Crippen LogP contribution >= 0.6 is 0 Å². The van der Waals surface area contributed by atoms with Gasteiger partial charge in [-0.2, -0.15) is 0 Å². The molecule has 0 aromatic heterocycles. The van der Waals surface area contributed by atoms with Gasteiger partial charge in [0, 0.05) is 25.4 Å². The number of rotatable bonds is 8. The second-order valence-electron chi connectivity index (χ2n) is 6.01.